The van der Waals surface area contributed by atoms with Crippen LogP contribution in [-0.4, -0.2) is 17.3 Å². The molecule has 1 aliphatic carbocycles. The maximum Gasteiger partial charge on any atom is 0.423 e. The number of hydrogen-bond acceptors (Lipinski definition) is 1. The van der Waals surface area contributed by atoms with E-state index in [0.717, 1.165) is 6.08 Å². The van der Waals surface area contributed by atoms with Gasteiger partial charge in [-0.1, -0.05) is 25.8 Å². The number of alkyl halides is 3. The highest BCUT2D eigenvalue weighted by atomic mass is 19.4. The Bertz CT molecular complexity index is 385. The topological polar surface area (TPSA) is 37.3 Å². The molecule has 0 aromatic carbocycles. The number of allylic oxidation sites excluding steroid dienone is 2. The zero-order chi connectivity index (χ0) is 12.7. The summed E-state index contributed by atoms with van der Waals surface area (Å²) < 4.78 is 37.0. The fourth-order valence-electron chi connectivity index (χ4n) is 1.86. The summed E-state index contributed by atoms with van der Waals surface area (Å²) in [5.41, 5.74) is -1.77. The second kappa shape index (κ2) is 3.55. The molecule has 1 rings (SSSR count). The molecule has 0 saturated heterocycles. The number of rotatable bonds is 2. The fourth-order valence-corrected chi connectivity index (χ4v) is 1.86. The van der Waals surface area contributed by atoms with Crippen molar-refractivity contribution in [2.24, 2.45) is 17.3 Å². The van der Waals surface area contributed by atoms with Gasteiger partial charge in [-0.2, -0.15) is 13.2 Å². The van der Waals surface area contributed by atoms with Gasteiger partial charge in [0.15, 0.2) is 0 Å². The van der Waals surface area contributed by atoms with Gasteiger partial charge in [0.1, 0.15) is 5.57 Å². The summed E-state index contributed by atoms with van der Waals surface area (Å²) >= 11 is 0. The molecule has 88 valence electrons. The van der Waals surface area contributed by atoms with Crippen molar-refractivity contribution in [2.45, 2.75) is 20.0 Å². The third-order valence-corrected chi connectivity index (χ3v) is 2.98. The molecule has 2 atom stereocenters. The molecule has 2 unspecified atom stereocenters. The van der Waals surface area contributed by atoms with Gasteiger partial charge in [-0.3, -0.25) is 4.79 Å². The molecule has 0 amide bonds. The van der Waals surface area contributed by atoms with Crippen LogP contribution < -0.4 is 0 Å². The molecule has 1 saturated carbocycles. The van der Waals surface area contributed by atoms with E-state index in [1.165, 1.54) is 0 Å². The molecular weight excluding hydrogens is 221 g/mol. The van der Waals surface area contributed by atoms with Crippen molar-refractivity contribution < 1.29 is 23.1 Å². The van der Waals surface area contributed by atoms with E-state index in [9.17, 15) is 18.0 Å². The van der Waals surface area contributed by atoms with Gasteiger partial charge in [-0.05, 0) is 11.3 Å². The fraction of sp³-hybridized carbons (Fsp3) is 0.545. The van der Waals surface area contributed by atoms with Crippen molar-refractivity contribution in [3.8, 4) is 12.3 Å². The first kappa shape index (κ1) is 12.6. The monoisotopic (exact) mass is 232 g/mol. The highest BCUT2D eigenvalue weighted by Gasteiger charge is 2.61. The van der Waals surface area contributed by atoms with Gasteiger partial charge in [-0.25, -0.2) is 0 Å². The lowest BCUT2D eigenvalue weighted by atomic mass is 10.1. The van der Waals surface area contributed by atoms with Crippen molar-refractivity contribution in [3.63, 3.8) is 0 Å². The third kappa shape index (κ3) is 2.06. The van der Waals surface area contributed by atoms with E-state index in [4.69, 9.17) is 11.5 Å². The van der Waals surface area contributed by atoms with Crippen LogP contribution in [0.15, 0.2) is 11.6 Å². The summed E-state index contributed by atoms with van der Waals surface area (Å²) in [7, 11) is 0. The summed E-state index contributed by atoms with van der Waals surface area (Å²) in [4.78, 5) is 10.7. The zero-order valence-corrected chi connectivity index (χ0v) is 8.80. The van der Waals surface area contributed by atoms with Gasteiger partial charge < -0.3 is 5.11 Å². The van der Waals surface area contributed by atoms with Crippen molar-refractivity contribution in [1.82, 2.24) is 0 Å². The van der Waals surface area contributed by atoms with Crippen molar-refractivity contribution in [2.75, 3.05) is 0 Å². The van der Waals surface area contributed by atoms with E-state index in [0.29, 0.717) is 0 Å². The van der Waals surface area contributed by atoms with Gasteiger partial charge in [-0.15, -0.1) is 6.42 Å². The SMILES string of the molecule is C#CC(=CC1C(C(=O)O)C1(C)C)C(F)(F)F. The Morgan fingerprint density at radius 2 is 2.00 bits per heavy atom. The van der Waals surface area contributed by atoms with E-state index in [-0.39, 0.29) is 0 Å². The normalized spacial score (nSPS) is 28.4. The van der Waals surface area contributed by atoms with Crippen molar-refractivity contribution >= 4 is 5.97 Å². The maximum atomic E-state index is 12.3. The maximum absolute atomic E-state index is 12.3. The third-order valence-electron chi connectivity index (χ3n) is 2.98. The van der Waals surface area contributed by atoms with Crippen LogP contribution in [0.2, 0.25) is 0 Å². The Hall–Kier alpha value is -1.44. The smallest absolute Gasteiger partial charge is 0.423 e. The summed E-state index contributed by atoms with van der Waals surface area (Å²) in [6, 6.07) is 0. The Morgan fingerprint density at radius 1 is 1.50 bits per heavy atom. The van der Waals surface area contributed by atoms with E-state index < -0.39 is 35.0 Å². The Labute approximate surface area is 91.1 Å². The summed E-state index contributed by atoms with van der Waals surface area (Å²) in [5.74, 6) is -0.987. The van der Waals surface area contributed by atoms with Crippen molar-refractivity contribution in [3.05, 3.63) is 11.6 Å². The molecule has 1 fully saturated rings. The number of hydrogen-bond donors (Lipinski definition) is 1. The molecule has 0 aromatic rings. The molecule has 0 aromatic heterocycles. The first-order chi connectivity index (χ1) is 7.12. The van der Waals surface area contributed by atoms with Gasteiger partial charge in [0, 0.05) is 0 Å². The molecule has 1 N–H and O–H groups in total. The van der Waals surface area contributed by atoms with Crippen LogP contribution >= 0.6 is 0 Å². The average Bonchev–Trinajstić information content (AvgIpc) is 2.61. The predicted molar refractivity (Wildman–Crippen MR) is 51.4 cm³/mol. The average molecular weight is 232 g/mol. The summed E-state index contributed by atoms with van der Waals surface area (Å²) in [6.07, 6.45) is 1.02. The Balaban J connectivity index is 2.96. The predicted octanol–water partition coefficient (Wildman–Crippen LogP) is 2.47. The first-order valence-electron chi connectivity index (χ1n) is 4.60. The number of carboxylic acid groups (broad SMARTS) is 1. The number of terminal acetylenes is 1. The van der Waals surface area contributed by atoms with E-state index in [1.54, 1.807) is 19.8 Å². The van der Waals surface area contributed by atoms with E-state index >= 15 is 0 Å². The standard InChI is InChI=1S/C11H11F3O2/c1-4-6(11(12,13)14)5-7-8(9(15)16)10(7,2)3/h1,5,7-8H,2-3H3,(H,15,16). The molecule has 0 spiro atoms. The molecule has 1 aliphatic rings. The molecule has 2 nitrogen and oxygen atoms in total. The van der Waals surface area contributed by atoms with Crippen LogP contribution in [0.4, 0.5) is 13.2 Å². The highest BCUT2D eigenvalue weighted by Crippen LogP contribution is 2.59. The molecule has 0 heterocycles. The Morgan fingerprint density at radius 3 is 2.25 bits per heavy atom. The second-order valence-electron chi connectivity index (χ2n) is 4.39. The number of halogens is 3. The number of carbonyl (C=O) groups is 1. The highest BCUT2D eigenvalue weighted by molar-refractivity contribution is 5.76. The Kier molecular flexibility index (Phi) is 2.80. The van der Waals surface area contributed by atoms with Gasteiger partial charge >= 0.3 is 12.1 Å². The van der Waals surface area contributed by atoms with Crippen LogP contribution in [0.25, 0.3) is 0 Å². The quantitative estimate of drug-likeness (QED) is 0.742. The minimum Gasteiger partial charge on any atom is -0.481 e. The van der Waals surface area contributed by atoms with Crippen LogP contribution in [0.1, 0.15) is 13.8 Å². The van der Waals surface area contributed by atoms with Gasteiger partial charge in [0.05, 0.1) is 5.92 Å². The molecule has 5 heteroatoms. The van der Waals surface area contributed by atoms with Gasteiger partial charge in [0.2, 0.25) is 0 Å². The first-order valence-corrected chi connectivity index (χ1v) is 4.60. The molecule has 16 heavy (non-hydrogen) atoms. The molecule has 0 aliphatic heterocycles. The van der Waals surface area contributed by atoms with Crippen LogP contribution in [0.3, 0.4) is 0 Å². The minimum atomic E-state index is -4.59. The lowest BCUT2D eigenvalue weighted by molar-refractivity contribution is -0.139. The molecular formula is C11H11F3O2. The van der Waals surface area contributed by atoms with E-state index in [1.807, 2.05) is 0 Å². The van der Waals surface area contributed by atoms with Crippen LogP contribution in [0.5, 0.6) is 0 Å². The lowest BCUT2D eigenvalue weighted by Gasteiger charge is -2.05. The minimum absolute atomic E-state index is 0.655. The van der Waals surface area contributed by atoms with Gasteiger partial charge in [0.25, 0.3) is 0 Å². The summed E-state index contributed by atoms with van der Waals surface area (Å²) in [5, 5.41) is 8.79. The number of carboxylic acids is 1. The number of aliphatic carboxylic acids is 1. The molecule has 0 radical (unpaired) electrons. The molecule has 0 bridgehead atoms. The van der Waals surface area contributed by atoms with Crippen LogP contribution in [0, 0.1) is 29.6 Å². The van der Waals surface area contributed by atoms with Crippen molar-refractivity contribution in [1.29, 1.82) is 0 Å². The lowest BCUT2D eigenvalue weighted by Crippen LogP contribution is -2.11. The largest absolute Gasteiger partial charge is 0.481 e. The van der Waals surface area contributed by atoms with E-state index in [2.05, 4.69) is 0 Å². The van der Waals surface area contributed by atoms with Crippen LogP contribution in [-0.2, 0) is 4.79 Å². The zero-order valence-electron chi connectivity index (χ0n) is 8.80. The second-order valence-corrected chi connectivity index (χ2v) is 4.39. The summed E-state index contributed by atoms with van der Waals surface area (Å²) in [6.45, 7) is 3.22.